The van der Waals surface area contributed by atoms with E-state index in [0.29, 0.717) is 23.4 Å². The van der Waals surface area contributed by atoms with Crippen LogP contribution in [-0.2, 0) is 6.54 Å². The molecule has 20 heavy (non-hydrogen) atoms. The quantitative estimate of drug-likeness (QED) is 0.873. The Kier molecular flexibility index (Phi) is 4.03. The highest BCUT2D eigenvalue weighted by atomic mass is 19.1. The number of amides is 1. The van der Waals surface area contributed by atoms with Gasteiger partial charge < -0.3 is 10.6 Å². The van der Waals surface area contributed by atoms with Crippen LogP contribution in [-0.4, -0.2) is 17.9 Å². The van der Waals surface area contributed by atoms with Crippen LogP contribution in [0, 0.1) is 12.7 Å². The maximum Gasteiger partial charge on any atom is 0.254 e. The van der Waals surface area contributed by atoms with Gasteiger partial charge in [0.2, 0.25) is 0 Å². The van der Waals surface area contributed by atoms with Crippen LogP contribution in [0.2, 0.25) is 0 Å². The number of hydrogen-bond acceptors (Lipinski definition) is 2. The normalized spacial score (nSPS) is 10.3. The second-order valence-corrected chi connectivity index (χ2v) is 4.86. The molecule has 0 unspecified atom stereocenters. The Morgan fingerprint density at radius 3 is 2.45 bits per heavy atom. The number of nitrogen functional groups attached to an aromatic ring is 1. The van der Waals surface area contributed by atoms with Crippen molar-refractivity contribution in [3.05, 3.63) is 65.0 Å². The fourth-order valence-corrected chi connectivity index (χ4v) is 2.04. The summed E-state index contributed by atoms with van der Waals surface area (Å²) in [5.41, 5.74) is 8.47. The molecule has 2 rings (SSSR count). The standard InChI is InChI=1S/C16H17FN2O/c1-11-9-13(17)5-8-15(11)16(20)19(2)10-12-3-6-14(18)7-4-12/h3-9H,10,18H2,1-2H3. The van der Waals surface area contributed by atoms with Crippen molar-refractivity contribution in [2.24, 2.45) is 0 Å². The molecule has 0 radical (unpaired) electrons. The number of carbonyl (C=O) groups excluding carboxylic acids is 1. The van der Waals surface area contributed by atoms with Gasteiger partial charge >= 0.3 is 0 Å². The van der Waals surface area contributed by atoms with E-state index < -0.39 is 0 Å². The molecule has 0 heterocycles. The molecule has 0 aliphatic rings. The van der Waals surface area contributed by atoms with Gasteiger partial charge in [-0.3, -0.25) is 4.79 Å². The zero-order valence-corrected chi connectivity index (χ0v) is 11.6. The van der Waals surface area contributed by atoms with Gasteiger partial charge in [-0.05, 0) is 48.4 Å². The number of nitrogens with two attached hydrogens (primary N) is 1. The average molecular weight is 272 g/mol. The van der Waals surface area contributed by atoms with Crippen LogP contribution in [0.3, 0.4) is 0 Å². The van der Waals surface area contributed by atoms with E-state index in [2.05, 4.69) is 0 Å². The van der Waals surface area contributed by atoms with Crippen molar-refractivity contribution < 1.29 is 9.18 Å². The van der Waals surface area contributed by atoms with Crippen LogP contribution in [0.4, 0.5) is 10.1 Å². The maximum atomic E-state index is 13.1. The summed E-state index contributed by atoms with van der Waals surface area (Å²) in [7, 11) is 1.72. The molecule has 3 nitrogen and oxygen atoms in total. The Labute approximate surface area is 117 Å². The largest absolute Gasteiger partial charge is 0.399 e. The van der Waals surface area contributed by atoms with E-state index >= 15 is 0 Å². The van der Waals surface area contributed by atoms with Crippen LogP contribution >= 0.6 is 0 Å². The molecular weight excluding hydrogens is 255 g/mol. The fraction of sp³-hybridized carbons (Fsp3) is 0.188. The summed E-state index contributed by atoms with van der Waals surface area (Å²) in [5, 5.41) is 0. The van der Waals surface area contributed by atoms with Gasteiger partial charge in [-0.1, -0.05) is 12.1 Å². The van der Waals surface area contributed by atoms with E-state index in [4.69, 9.17) is 5.73 Å². The average Bonchev–Trinajstić information content (AvgIpc) is 2.40. The Morgan fingerprint density at radius 2 is 1.85 bits per heavy atom. The third-order valence-corrected chi connectivity index (χ3v) is 3.17. The predicted octanol–water partition coefficient (Wildman–Crippen LogP) is 2.99. The number of carbonyl (C=O) groups is 1. The highest BCUT2D eigenvalue weighted by molar-refractivity contribution is 5.95. The minimum absolute atomic E-state index is 0.126. The van der Waals surface area contributed by atoms with Gasteiger partial charge in [0.15, 0.2) is 0 Å². The summed E-state index contributed by atoms with van der Waals surface area (Å²) in [5.74, 6) is -0.459. The number of anilines is 1. The SMILES string of the molecule is Cc1cc(F)ccc1C(=O)N(C)Cc1ccc(N)cc1. The molecule has 104 valence electrons. The van der Waals surface area contributed by atoms with Crippen LogP contribution in [0.5, 0.6) is 0 Å². The number of halogens is 1. The Morgan fingerprint density at radius 1 is 1.20 bits per heavy atom. The Hall–Kier alpha value is -2.36. The van der Waals surface area contributed by atoms with Crippen LogP contribution in [0.25, 0.3) is 0 Å². The zero-order chi connectivity index (χ0) is 14.7. The molecule has 0 atom stereocenters. The maximum absolute atomic E-state index is 13.1. The van der Waals surface area contributed by atoms with Crippen molar-refractivity contribution in [3.63, 3.8) is 0 Å². The molecule has 0 saturated carbocycles. The lowest BCUT2D eigenvalue weighted by molar-refractivity contribution is 0.0784. The van der Waals surface area contributed by atoms with E-state index in [1.807, 2.05) is 12.1 Å². The van der Waals surface area contributed by atoms with Gasteiger partial charge in [0.1, 0.15) is 5.82 Å². The second-order valence-electron chi connectivity index (χ2n) is 4.86. The van der Waals surface area contributed by atoms with Gasteiger partial charge in [0.25, 0.3) is 5.91 Å². The summed E-state index contributed by atoms with van der Waals surface area (Å²) in [6.45, 7) is 2.21. The molecule has 0 aliphatic heterocycles. The molecule has 2 aromatic carbocycles. The van der Waals surface area contributed by atoms with Gasteiger partial charge in [0.05, 0.1) is 0 Å². The third kappa shape index (κ3) is 3.15. The fourth-order valence-electron chi connectivity index (χ4n) is 2.04. The number of hydrogen-bond donors (Lipinski definition) is 1. The van der Waals surface area contributed by atoms with E-state index in [9.17, 15) is 9.18 Å². The van der Waals surface area contributed by atoms with E-state index in [0.717, 1.165) is 5.56 Å². The van der Waals surface area contributed by atoms with Crippen molar-refractivity contribution in [1.82, 2.24) is 4.90 Å². The van der Waals surface area contributed by atoms with Crippen molar-refractivity contribution in [3.8, 4) is 0 Å². The second kappa shape index (κ2) is 5.74. The summed E-state index contributed by atoms with van der Waals surface area (Å²) in [4.78, 5) is 13.9. The lowest BCUT2D eigenvalue weighted by Gasteiger charge is -2.18. The Balaban J connectivity index is 2.14. The van der Waals surface area contributed by atoms with Gasteiger partial charge in [-0.2, -0.15) is 0 Å². The smallest absolute Gasteiger partial charge is 0.254 e. The monoisotopic (exact) mass is 272 g/mol. The third-order valence-electron chi connectivity index (χ3n) is 3.17. The minimum atomic E-state index is -0.333. The molecule has 0 saturated heterocycles. The molecule has 4 heteroatoms. The first-order chi connectivity index (χ1) is 9.47. The zero-order valence-electron chi connectivity index (χ0n) is 11.6. The molecular formula is C16H17FN2O. The first-order valence-corrected chi connectivity index (χ1v) is 6.33. The number of benzene rings is 2. The number of nitrogens with zero attached hydrogens (tertiary/aromatic N) is 1. The molecule has 1 amide bonds. The van der Waals surface area contributed by atoms with Crippen LogP contribution in [0.1, 0.15) is 21.5 Å². The van der Waals surface area contributed by atoms with Crippen molar-refractivity contribution in [2.45, 2.75) is 13.5 Å². The molecule has 2 aromatic rings. The number of aryl methyl sites for hydroxylation is 1. The number of rotatable bonds is 3. The van der Waals surface area contributed by atoms with Crippen LogP contribution < -0.4 is 5.73 Å². The van der Waals surface area contributed by atoms with Crippen LogP contribution in [0.15, 0.2) is 42.5 Å². The first-order valence-electron chi connectivity index (χ1n) is 6.33. The summed E-state index contributed by atoms with van der Waals surface area (Å²) >= 11 is 0. The molecule has 0 fully saturated rings. The predicted molar refractivity (Wildman–Crippen MR) is 77.8 cm³/mol. The Bertz CT molecular complexity index is 623. The summed E-state index contributed by atoms with van der Waals surface area (Å²) < 4.78 is 13.1. The van der Waals surface area contributed by atoms with Crippen molar-refractivity contribution in [1.29, 1.82) is 0 Å². The van der Waals surface area contributed by atoms with Gasteiger partial charge in [0, 0.05) is 24.8 Å². The van der Waals surface area contributed by atoms with Crippen molar-refractivity contribution >= 4 is 11.6 Å². The summed E-state index contributed by atoms with van der Waals surface area (Å²) in [6, 6.07) is 11.6. The topological polar surface area (TPSA) is 46.3 Å². The van der Waals surface area contributed by atoms with Crippen molar-refractivity contribution in [2.75, 3.05) is 12.8 Å². The lowest BCUT2D eigenvalue weighted by atomic mass is 10.1. The lowest BCUT2D eigenvalue weighted by Crippen LogP contribution is -2.26. The summed E-state index contributed by atoms with van der Waals surface area (Å²) in [6.07, 6.45) is 0. The molecule has 0 spiro atoms. The van der Waals surface area contributed by atoms with Gasteiger partial charge in [-0.25, -0.2) is 4.39 Å². The molecule has 2 N–H and O–H groups in total. The first kappa shape index (κ1) is 14.1. The van der Waals surface area contributed by atoms with E-state index in [1.54, 1.807) is 31.0 Å². The minimum Gasteiger partial charge on any atom is -0.399 e. The highest BCUT2D eigenvalue weighted by Crippen LogP contribution is 2.14. The molecule has 0 aromatic heterocycles. The van der Waals surface area contributed by atoms with E-state index in [1.165, 1.54) is 18.2 Å². The molecule has 0 bridgehead atoms. The van der Waals surface area contributed by atoms with Gasteiger partial charge in [-0.15, -0.1) is 0 Å². The highest BCUT2D eigenvalue weighted by Gasteiger charge is 2.14. The molecule has 0 aliphatic carbocycles. The van der Waals surface area contributed by atoms with E-state index in [-0.39, 0.29) is 11.7 Å².